The van der Waals surface area contributed by atoms with Crippen LogP contribution in [0.3, 0.4) is 0 Å². The third kappa shape index (κ3) is 8.81. The summed E-state index contributed by atoms with van der Waals surface area (Å²) in [5, 5.41) is 15.3. The molecule has 0 bridgehead atoms. The third-order valence-electron chi connectivity index (χ3n) is 11.9. The highest BCUT2D eigenvalue weighted by atomic mass is 16.7. The Balaban J connectivity index is 1.57. The lowest BCUT2D eigenvalue weighted by atomic mass is 9.73. The maximum atomic E-state index is 14.4. The largest absolute Gasteiger partial charge is 0.458 e. The number of aliphatic hydroxyl groups is 1. The van der Waals surface area contributed by atoms with Crippen molar-refractivity contribution in [2.75, 3.05) is 20.7 Å². The molecule has 3 fully saturated rings. The van der Waals surface area contributed by atoms with E-state index in [1.165, 1.54) is 6.92 Å². The number of hydrogen-bond acceptors (Lipinski definition) is 12. The van der Waals surface area contributed by atoms with Gasteiger partial charge in [-0.1, -0.05) is 58.0 Å². The van der Waals surface area contributed by atoms with Gasteiger partial charge in [0, 0.05) is 35.4 Å². The molecule has 13 atom stereocenters. The molecule has 1 aromatic carbocycles. The zero-order valence-electron chi connectivity index (χ0n) is 33.8. The number of ketones is 2. The first-order chi connectivity index (χ1) is 25.9. The Morgan fingerprint density at radius 2 is 1.73 bits per heavy atom. The fourth-order valence-electron chi connectivity index (χ4n) is 8.80. The maximum Gasteiger partial charge on any atom is 0.408 e. The summed E-state index contributed by atoms with van der Waals surface area (Å²) in [5.74, 6) is -5.12. The van der Waals surface area contributed by atoms with E-state index in [4.69, 9.17) is 23.7 Å². The number of cyclic esters (lactones) is 1. The number of esters is 1. The van der Waals surface area contributed by atoms with Crippen molar-refractivity contribution in [3.63, 3.8) is 0 Å². The summed E-state index contributed by atoms with van der Waals surface area (Å²) in [6, 6.07) is 8.58. The SMILES string of the molecule is CC[C@H]1OC(=O)[C@H](C)C(=O)[C@H](C)[C@@H](O[C@@H]2O[C@H](C)C[C@H](N(C)C)[C@H]2O)[C@@](C)(OC/C=C/c2ccnc3ccccc23)C[C@@H](C)C(=O)[C@H](C)[C@H]2NC(=O)O[C@@]21C. The zero-order valence-corrected chi connectivity index (χ0v) is 33.8. The number of likely N-dealkylation sites (N-methyl/N-ethyl adjacent to an activating group) is 1. The Bertz CT molecular complexity index is 1750. The van der Waals surface area contributed by atoms with Gasteiger partial charge in [0.25, 0.3) is 0 Å². The van der Waals surface area contributed by atoms with Crippen LogP contribution in [0.2, 0.25) is 0 Å². The number of aliphatic hydroxyl groups excluding tert-OH is 1. The number of fused-ring (bicyclic) bond motifs is 2. The summed E-state index contributed by atoms with van der Waals surface area (Å²) < 4.78 is 31.4. The quantitative estimate of drug-likeness (QED) is 0.270. The Hall–Kier alpha value is -3.75. The molecule has 0 unspecified atom stereocenters. The summed E-state index contributed by atoms with van der Waals surface area (Å²) in [4.78, 5) is 61.8. The topological polar surface area (TPSA) is 163 Å². The van der Waals surface area contributed by atoms with Crippen LogP contribution in [0.4, 0.5) is 4.79 Å². The number of Topliss-reactive ketones (excluding diaryl/α,β-unsaturated/α-hetero) is 2. The molecular formula is C42H59N3O10. The third-order valence-corrected chi connectivity index (χ3v) is 11.9. The van der Waals surface area contributed by atoms with E-state index in [0.29, 0.717) is 6.42 Å². The van der Waals surface area contributed by atoms with Gasteiger partial charge in [0.2, 0.25) is 0 Å². The molecular weight excluding hydrogens is 706 g/mol. The van der Waals surface area contributed by atoms with E-state index < -0.39 is 83.4 Å². The van der Waals surface area contributed by atoms with Gasteiger partial charge in [-0.15, -0.1) is 0 Å². The number of para-hydroxylation sites is 1. The summed E-state index contributed by atoms with van der Waals surface area (Å²) in [6.45, 7) is 13.9. The predicted molar refractivity (Wildman–Crippen MR) is 206 cm³/mol. The highest BCUT2D eigenvalue weighted by Crippen LogP contribution is 2.40. The molecule has 3 saturated heterocycles. The molecule has 13 nitrogen and oxygen atoms in total. The number of alkyl carbamates (subject to hydrolysis) is 1. The highest BCUT2D eigenvalue weighted by Gasteiger charge is 2.57. The van der Waals surface area contributed by atoms with E-state index in [-0.39, 0.29) is 37.4 Å². The number of nitrogens with one attached hydrogen (secondary N) is 1. The first kappa shape index (κ1) is 42.4. The van der Waals surface area contributed by atoms with Crippen molar-refractivity contribution >= 4 is 40.6 Å². The Morgan fingerprint density at radius 3 is 2.42 bits per heavy atom. The molecule has 5 rings (SSSR count). The van der Waals surface area contributed by atoms with Gasteiger partial charge in [0.1, 0.15) is 23.9 Å². The second kappa shape index (κ2) is 17.2. The number of aromatic nitrogens is 1. The Labute approximate surface area is 324 Å². The molecule has 0 aliphatic carbocycles. The van der Waals surface area contributed by atoms with Crippen LogP contribution in [0.25, 0.3) is 17.0 Å². The molecule has 4 heterocycles. The van der Waals surface area contributed by atoms with Crippen molar-refractivity contribution in [2.45, 2.75) is 129 Å². The van der Waals surface area contributed by atoms with Gasteiger partial charge in [0.15, 0.2) is 17.7 Å². The molecule has 13 heteroatoms. The molecule has 55 heavy (non-hydrogen) atoms. The molecule has 1 amide bonds. The summed E-state index contributed by atoms with van der Waals surface area (Å²) in [6.07, 6.45) is 1.16. The number of carbonyl (C=O) groups is 4. The van der Waals surface area contributed by atoms with Crippen LogP contribution in [-0.4, -0.2) is 113 Å². The average Bonchev–Trinajstić information content (AvgIpc) is 3.47. The van der Waals surface area contributed by atoms with Crippen molar-refractivity contribution in [3.05, 3.63) is 48.2 Å². The minimum absolute atomic E-state index is 0.0650. The molecule has 2 aromatic rings. The predicted octanol–water partition coefficient (Wildman–Crippen LogP) is 5.11. The molecule has 0 spiro atoms. The van der Waals surface area contributed by atoms with Gasteiger partial charge in [-0.25, -0.2) is 4.79 Å². The summed E-state index contributed by atoms with van der Waals surface area (Å²) >= 11 is 0. The van der Waals surface area contributed by atoms with E-state index in [1.54, 1.807) is 47.7 Å². The lowest BCUT2D eigenvalue weighted by Crippen LogP contribution is -2.60. The first-order valence-corrected chi connectivity index (χ1v) is 19.5. The fourth-order valence-corrected chi connectivity index (χ4v) is 8.80. The van der Waals surface area contributed by atoms with E-state index >= 15 is 0 Å². The summed E-state index contributed by atoms with van der Waals surface area (Å²) in [7, 11) is 3.74. The second-order valence-electron chi connectivity index (χ2n) is 16.3. The van der Waals surface area contributed by atoms with Crippen molar-refractivity contribution < 1.29 is 48.0 Å². The minimum atomic E-state index is -1.38. The van der Waals surface area contributed by atoms with Crippen LogP contribution < -0.4 is 5.32 Å². The lowest BCUT2D eigenvalue weighted by Gasteiger charge is -2.47. The fraction of sp³-hybridized carbons (Fsp3) is 0.643. The van der Waals surface area contributed by atoms with E-state index in [1.807, 2.05) is 68.4 Å². The number of benzene rings is 1. The highest BCUT2D eigenvalue weighted by molar-refractivity contribution is 6.00. The second-order valence-corrected chi connectivity index (χ2v) is 16.3. The van der Waals surface area contributed by atoms with Crippen LogP contribution in [0.1, 0.15) is 80.2 Å². The average molecular weight is 766 g/mol. The number of carbonyl (C=O) groups excluding carboxylic acids is 4. The lowest BCUT2D eigenvalue weighted by molar-refractivity contribution is -0.296. The number of hydrogen-bond donors (Lipinski definition) is 2. The van der Waals surface area contributed by atoms with Crippen molar-refractivity contribution in [3.8, 4) is 0 Å². The van der Waals surface area contributed by atoms with Crippen LogP contribution in [0.15, 0.2) is 42.6 Å². The van der Waals surface area contributed by atoms with E-state index in [9.17, 15) is 24.3 Å². The summed E-state index contributed by atoms with van der Waals surface area (Å²) in [5.41, 5.74) is -0.955. The van der Waals surface area contributed by atoms with Crippen LogP contribution >= 0.6 is 0 Å². The van der Waals surface area contributed by atoms with Gasteiger partial charge < -0.3 is 39.0 Å². The van der Waals surface area contributed by atoms with Gasteiger partial charge in [-0.3, -0.25) is 19.4 Å². The van der Waals surface area contributed by atoms with Crippen molar-refractivity contribution in [1.82, 2.24) is 15.2 Å². The first-order valence-electron chi connectivity index (χ1n) is 19.5. The van der Waals surface area contributed by atoms with Crippen LogP contribution in [0, 0.1) is 23.7 Å². The molecule has 0 radical (unpaired) electrons. The van der Waals surface area contributed by atoms with Crippen molar-refractivity contribution in [1.29, 1.82) is 0 Å². The number of ether oxygens (including phenoxy) is 5. The zero-order chi connectivity index (χ0) is 40.4. The van der Waals surface area contributed by atoms with Gasteiger partial charge >= 0.3 is 12.1 Å². The normalized spacial score (nSPS) is 38.1. The number of pyridine rings is 1. The van der Waals surface area contributed by atoms with Crippen LogP contribution in [0.5, 0.6) is 0 Å². The van der Waals surface area contributed by atoms with E-state index in [0.717, 1.165) is 16.5 Å². The number of rotatable bonds is 8. The molecule has 3 aliphatic rings. The number of amides is 1. The molecule has 3 aliphatic heterocycles. The molecule has 0 saturated carbocycles. The minimum Gasteiger partial charge on any atom is -0.458 e. The smallest absolute Gasteiger partial charge is 0.408 e. The van der Waals surface area contributed by atoms with Crippen LogP contribution in [-0.2, 0) is 38.1 Å². The standard InChI is InChI=1S/C42H59N3O10/c1-11-32-42(8)36(44-40(50)55-42)25(4)33(46)23(2)22-41(7,51-20-14-15-28-18-19-43-30-17-13-12-16-29(28)30)37(26(5)34(47)27(6)38(49)53-32)54-39-35(48)31(45(9)10)21-24(3)52-39/h12-19,23-27,31-32,35-37,39,48H,11,20-22H2,1-10H3,(H,44,50)/b15-14+/t23-,24-,25+,26+,27-,31+,32-,35-,36-,37-,39+,41+,42-/m1/s1. The molecule has 2 N–H and O–H groups in total. The number of nitrogens with zero attached hydrogens (tertiary/aromatic N) is 2. The Morgan fingerprint density at radius 1 is 1.02 bits per heavy atom. The monoisotopic (exact) mass is 765 g/mol. The molecule has 302 valence electrons. The van der Waals surface area contributed by atoms with Crippen molar-refractivity contribution in [2.24, 2.45) is 23.7 Å². The van der Waals surface area contributed by atoms with Gasteiger partial charge in [-0.2, -0.15) is 0 Å². The van der Waals surface area contributed by atoms with Gasteiger partial charge in [-0.05, 0) is 78.7 Å². The molecule has 1 aromatic heterocycles. The Kier molecular flexibility index (Phi) is 13.2. The van der Waals surface area contributed by atoms with E-state index in [2.05, 4.69) is 10.3 Å². The van der Waals surface area contributed by atoms with Gasteiger partial charge in [0.05, 0.1) is 36.0 Å². The maximum absolute atomic E-state index is 14.4.